The molecular formula is C17H16FNS. The number of rotatable bonds is 4. The zero-order valence-electron chi connectivity index (χ0n) is 11.6. The fourth-order valence-corrected chi connectivity index (χ4v) is 3.10. The lowest BCUT2D eigenvalue weighted by atomic mass is 10.1. The molecule has 0 fully saturated rings. The molecule has 0 bridgehead atoms. The van der Waals surface area contributed by atoms with Crippen LogP contribution in [0.2, 0.25) is 0 Å². The molecule has 0 spiro atoms. The molecule has 1 heterocycles. The van der Waals surface area contributed by atoms with Crippen LogP contribution in [0.3, 0.4) is 0 Å². The van der Waals surface area contributed by atoms with Gasteiger partial charge in [0.15, 0.2) is 0 Å². The minimum Gasteiger partial charge on any atom is -0.207 e. The highest BCUT2D eigenvalue weighted by molar-refractivity contribution is 7.12. The maximum Gasteiger partial charge on any atom is 0.123 e. The molecule has 0 aliphatic carbocycles. The Labute approximate surface area is 123 Å². The van der Waals surface area contributed by atoms with Crippen LogP contribution in [0.4, 0.5) is 4.39 Å². The van der Waals surface area contributed by atoms with E-state index >= 15 is 0 Å². The van der Waals surface area contributed by atoms with Gasteiger partial charge in [-0.3, -0.25) is 0 Å². The van der Waals surface area contributed by atoms with Crippen LogP contribution in [0.1, 0.15) is 29.2 Å². The highest BCUT2D eigenvalue weighted by atomic mass is 32.1. The van der Waals surface area contributed by atoms with Crippen molar-refractivity contribution in [3.05, 3.63) is 57.5 Å². The number of hydrogen-bond acceptors (Lipinski definition) is 2. The van der Waals surface area contributed by atoms with E-state index in [4.69, 9.17) is 0 Å². The van der Waals surface area contributed by atoms with Gasteiger partial charge in [0.25, 0.3) is 0 Å². The van der Waals surface area contributed by atoms with Gasteiger partial charge in [-0.05, 0) is 48.2 Å². The summed E-state index contributed by atoms with van der Waals surface area (Å²) in [5.74, 6) is 0.333. The normalized spacial score (nSPS) is 11.7. The summed E-state index contributed by atoms with van der Waals surface area (Å²) in [5, 5.41) is 9.25. The van der Waals surface area contributed by atoms with Crippen molar-refractivity contribution in [3.63, 3.8) is 0 Å². The van der Waals surface area contributed by atoms with E-state index in [1.54, 1.807) is 23.5 Å². The first-order valence-corrected chi connectivity index (χ1v) is 7.36. The van der Waals surface area contributed by atoms with E-state index in [1.807, 2.05) is 12.1 Å². The highest BCUT2D eigenvalue weighted by Gasteiger charge is 2.05. The minimum absolute atomic E-state index is 0.290. The van der Waals surface area contributed by atoms with Crippen LogP contribution >= 0.6 is 11.3 Å². The van der Waals surface area contributed by atoms with Gasteiger partial charge < -0.3 is 0 Å². The molecular weight excluding hydrogens is 269 g/mol. The van der Waals surface area contributed by atoms with Crippen LogP contribution in [0.25, 0.3) is 11.6 Å². The largest absolute Gasteiger partial charge is 0.207 e. The summed E-state index contributed by atoms with van der Waals surface area (Å²) in [6.45, 7) is 4.38. The second kappa shape index (κ2) is 6.49. The molecule has 0 aliphatic rings. The van der Waals surface area contributed by atoms with E-state index in [0.717, 1.165) is 16.9 Å². The first kappa shape index (κ1) is 14.5. The topological polar surface area (TPSA) is 23.8 Å². The monoisotopic (exact) mass is 285 g/mol. The maximum absolute atomic E-state index is 12.9. The molecule has 0 saturated heterocycles. The molecule has 0 amide bonds. The van der Waals surface area contributed by atoms with Crippen LogP contribution in [-0.4, -0.2) is 0 Å². The number of nitriles is 1. The number of thiophene rings is 1. The fraction of sp³-hybridized carbons (Fsp3) is 0.235. The van der Waals surface area contributed by atoms with Crippen molar-refractivity contribution < 1.29 is 4.39 Å². The van der Waals surface area contributed by atoms with E-state index in [9.17, 15) is 9.65 Å². The van der Waals surface area contributed by atoms with E-state index in [1.165, 1.54) is 17.0 Å². The lowest BCUT2D eigenvalue weighted by Gasteiger charge is -2.00. The summed E-state index contributed by atoms with van der Waals surface area (Å²) < 4.78 is 12.9. The number of benzene rings is 1. The van der Waals surface area contributed by atoms with Crippen molar-refractivity contribution in [2.24, 2.45) is 5.92 Å². The van der Waals surface area contributed by atoms with Crippen LogP contribution in [-0.2, 0) is 6.42 Å². The SMILES string of the molecule is CC(C)Cc1ccc(/C=C(\C#N)c2ccc(F)cc2)s1. The molecule has 1 aromatic heterocycles. The number of nitrogens with zero attached hydrogens (tertiary/aromatic N) is 1. The highest BCUT2D eigenvalue weighted by Crippen LogP contribution is 2.25. The first-order valence-electron chi connectivity index (χ1n) is 6.55. The van der Waals surface area contributed by atoms with Crippen molar-refractivity contribution in [1.29, 1.82) is 5.26 Å². The smallest absolute Gasteiger partial charge is 0.123 e. The Morgan fingerprint density at radius 1 is 1.25 bits per heavy atom. The van der Waals surface area contributed by atoms with Crippen LogP contribution in [0, 0.1) is 23.1 Å². The number of allylic oxidation sites excluding steroid dienone is 1. The minimum atomic E-state index is -0.290. The van der Waals surface area contributed by atoms with E-state index in [0.29, 0.717) is 11.5 Å². The zero-order valence-corrected chi connectivity index (χ0v) is 12.4. The molecule has 0 atom stereocenters. The van der Waals surface area contributed by atoms with Crippen molar-refractivity contribution in [2.45, 2.75) is 20.3 Å². The van der Waals surface area contributed by atoms with Crippen molar-refractivity contribution in [1.82, 2.24) is 0 Å². The predicted octanol–water partition coefficient (Wildman–Crippen LogP) is 5.15. The third-order valence-electron chi connectivity index (χ3n) is 2.85. The molecule has 0 radical (unpaired) electrons. The van der Waals surface area contributed by atoms with Crippen LogP contribution in [0.15, 0.2) is 36.4 Å². The van der Waals surface area contributed by atoms with Gasteiger partial charge in [0.2, 0.25) is 0 Å². The zero-order chi connectivity index (χ0) is 14.5. The molecule has 20 heavy (non-hydrogen) atoms. The molecule has 1 aromatic carbocycles. The van der Waals surface area contributed by atoms with Gasteiger partial charge in [0.05, 0.1) is 11.6 Å². The van der Waals surface area contributed by atoms with E-state index < -0.39 is 0 Å². The van der Waals surface area contributed by atoms with Crippen LogP contribution in [0.5, 0.6) is 0 Å². The second-order valence-electron chi connectivity index (χ2n) is 5.08. The predicted molar refractivity (Wildman–Crippen MR) is 82.7 cm³/mol. The molecule has 1 nitrogen and oxygen atoms in total. The van der Waals surface area contributed by atoms with E-state index in [2.05, 4.69) is 26.0 Å². The molecule has 3 heteroatoms. The Balaban J connectivity index is 2.25. The molecule has 2 aromatic rings. The fourth-order valence-electron chi connectivity index (χ4n) is 1.94. The summed E-state index contributed by atoms with van der Waals surface area (Å²) in [6, 6.07) is 12.3. The quantitative estimate of drug-likeness (QED) is 0.713. The summed E-state index contributed by atoms with van der Waals surface area (Å²) in [7, 11) is 0. The van der Waals surface area contributed by atoms with Crippen molar-refractivity contribution in [2.75, 3.05) is 0 Å². The first-order chi connectivity index (χ1) is 9.58. The molecule has 0 aliphatic heterocycles. The van der Waals surface area contributed by atoms with Gasteiger partial charge >= 0.3 is 0 Å². The number of hydrogen-bond donors (Lipinski definition) is 0. The Morgan fingerprint density at radius 3 is 2.55 bits per heavy atom. The third-order valence-corrected chi connectivity index (χ3v) is 3.91. The lowest BCUT2D eigenvalue weighted by molar-refractivity contribution is 0.627. The van der Waals surface area contributed by atoms with Gasteiger partial charge in [0, 0.05) is 9.75 Å². The molecule has 0 N–H and O–H groups in total. The molecule has 102 valence electrons. The summed E-state index contributed by atoms with van der Waals surface area (Å²) in [4.78, 5) is 2.38. The Hall–Kier alpha value is -1.92. The summed E-state index contributed by atoms with van der Waals surface area (Å²) in [5.41, 5.74) is 1.30. The van der Waals surface area contributed by atoms with Gasteiger partial charge in [-0.25, -0.2) is 4.39 Å². The Kier molecular flexibility index (Phi) is 4.70. The van der Waals surface area contributed by atoms with E-state index in [-0.39, 0.29) is 5.82 Å². The Morgan fingerprint density at radius 2 is 1.95 bits per heavy atom. The lowest BCUT2D eigenvalue weighted by Crippen LogP contribution is -1.89. The number of halogens is 1. The van der Waals surface area contributed by atoms with Gasteiger partial charge in [-0.15, -0.1) is 11.3 Å². The molecule has 0 saturated carbocycles. The van der Waals surface area contributed by atoms with Gasteiger partial charge in [0.1, 0.15) is 5.82 Å². The third kappa shape index (κ3) is 3.79. The summed E-state index contributed by atoms with van der Waals surface area (Å²) >= 11 is 1.70. The van der Waals surface area contributed by atoms with Crippen LogP contribution < -0.4 is 0 Å². The van der Waals surface area contributed by atoms with Gasteiger partial charge in [-0.2, -0.15) is 5.26 Å². The molecule has 0 unspecified atom stereocenters. The maximum atomic E-state index is 12.9. The average molecular weight is 285 g/mol. The van der Waals surface area contributed by atoms with Crippen molar-refractivity contribution in [3.8, 4) is 6.07 Å². The average Bonchev–Trinajstić information content (AvgIpc) is 2.83. The van der Waals surface area contributed by atoms with Crippen molar-refractivity contribution >= 4 is 23.0 Å². The molecule has 2 rings (SSSR count). The standard InChI is InChI=1S/C17H16FNS/c1-12(2)9-16-7-8-17(20-16)10-14(11-19)13-3-5-15(18)6-4-13/h3-8,10,12H,9H2,1-2H3/b14-10+. The summed E-state index contributed by atoms with van der Waals surface area (Å²) in [6.07, 6.45) is 2.92. The van der Waals surface area contributed by atoms with Gasteiger partial charge in [-0.1, -0.05) is 26.0 Å². The second-order valence-corrected chi connectivity index (χ2v) is 6.28. The Bertz CT molecular complexity index is 644.